The first kappa shape index (κ1) is 11.8. The maximum absolute atomic E-state index is 10.2. The van der Waals surface area contributed by atoms with Gasteiger partial charge in [-0.2, -0.15) is 4.99 Å². The molecule has 0 bridgehead atoms. The highest BCUT2D eigenvalue weighted by atomic mass is 79.9. The van der Waals surface area contributed by atoms with Gasteiger partial charge in [0.15, 0.2) is 0 Å². The van der Waals surface area contributed by atoms with E-state index >= 15 is 0 Å². The van der Waals surface area contributed by atoms with Crippen molar-refractivity contribution >= 4 is 38.7 Å². The number of aliphatic imine (C=N–C) groups is 1. The van der Waals surface area contributed by atoms with Crippen molar-refractivity contribution in [2.75, 3.05) is 0 Å². The van der Waals surface area contributed by atoms with Gasteiger partial charge < -0.3 is 4.98 Å². The number of nitrogens with one attached hydrogen (secondary N) is 1. The monoisotopic (exact) mass is 314 g/mol. The SMILES string of the molecule is O=C=Nc1ccc2nc(-c3cncc(Br)c3)[nH]c2c1. The molecule has 0 unspecified atom stereocenters. The molecule has 0 saturated carbocycles. The van der Waals surface area contributed by atoms with Gasteiger partial charge in [0.25, 0.3) is 0 Å². The lowest BCUT2D eigenvalue weighted by Gasteiger charge is -1.95. The number of H-pyrrole nitrogens is 1. The Labute approximate surface area is 116 Å². The molecule has 1 aromatic carbocycles. The Morgan fingerprint density at radius 3 is 2.95 bits per heavy atom. The van der Waals surface area contributed by atoms with E-state index in [1.54, 1.807) is 30.6 Å². The second kappa shape index (κ2) is 4.76. The first-order chi connectivity index (χ1) is 9.26. The van der Waals surface area contributed by atoms with Crippen molar-refractivity contribution in [2.24, 2.45) is 4.99 Å². The summed E-state index contributed by atoms with van der Waals surface area (Å²) in [5.74, 6) is 0.719. The number of aromatic amines is 1. The van der Waals surface area contributed by atoms with E-state index < -0.39 is 0 Å². The number of benzene rings is 1. The molecular formula is C13H7BrN4O. The van der Waals surface area contributed by atoms with Crippen molar-refractivity contribution in [2.45, 2.75) is 0 Å². The van der Waals surface area contributed by atoms with Crippen LogP contribution >= 0.6 is 15.9 Å². The van der Waals surface area contributed by atoms with Crippen LogP contribution in [0.15, 0.2) is 46.1 Å². The Bertz CT molecular complexity index is 805. The minimum atomic E-state index is 0.546. The molecule has 0 aliphatic heterocycles. The number of aromatic nitrogens is 3. The van der Waals surface area contributed by atoms with Gasteiger partial charge in [-0.25, -0.2) is 9.78 Å². The first-order valence-corrected chi connectivity index (χ1v) is 6.24. The van der Waals surface area contributed by atoms with E-state index in [9.17, 15) is 4.79 Å². The van der Waals surface area contributed by atoms with E-state index in [-0.39, 0.29) is 0 Å². The van der Waals surface area contributed by atoms with E-state index in [1.165, 1.54) is 6.08 Å². The molecule has 1 N–H and O–H groups in total. The van der Waals surface area contributed by atoms with Crippen LogP contribution in [0.2, 0.25) is 0 Å². The van der Waals surface area contributed by atoms with Crippen LogP contribution in [0, 0.1) is 0 Å². The van der Waals surface area contributed by atoms with Crippen molar-refractivity contribution < 1.29 is 4.79 Å². The lowest BCUT2D eigenvalue weighted by atomic mass is 10.3. The van der Waals surface area contributed by atoms with E-state index in [0.717, 1.165) is 26.9 Å². The Morgan fingerprint density at radius 2 is 2.16 bits per heavy atom. The number of halogens is 1. The summed E-state index contributed by atoms with van der Waals surface area (Å²) in [7, 11) is 0. The highest BCUT2D eigenvalue weighted by molar-refractivity contribution is 9.10. The van der Waals surface area contributed by atoms with Gasteiger partial charge in [-0.3, -0.25) is 4.98 Å². The van der Waals surface area contributed by atoms with Crippen molar-refractivity contribution in [1.29, 1.82) is 0 Å². The zero-order valence-corrected chi connectivity index (χ0v) is 11.2. The van der Waals surface area contributed by atoms with Crippen LogP contribution in [0.5, 0.6) is 0 Å². The zero-order chi connectivity index (χ0) is 13.2. The van der Waals surface area contributed by atoms with Gasteiger partial charge in [-0.05, 0) is 40.2 Å². The number of hydrogen-bond acceptors (Lipinski definition) is 4. The molecule has 0 saturated heterocycles. The van der Waals surface area contributed by atoms with Crippen LogP contribution in [0.4, 0.5) is 5.69 Å². The van der Waals surface area contributed by atoms with Crippen molar-refractivity contribution in [1.82, 2.24) is 15.0 Å². The van der Waals surface area contributed by atoms with Crippen LogP contribution in [0.1, 0.15) is 0 Å². The minimum absolute atomic E-state index is 0.546. The summed E-state index contributed by atoms with van der Waals surface area (Å²) in [6, 6.07) is 7.20. The second-order valence-electron chi connectivity index (χ2n) is 3.88. The summed E-state index contributed by atoms with van der Waals surface area (Å²) in [4.78, 5) is 25.6. The molecule has 0 aliphatic rings. The average molecular weight is 315 g/mol. The van der Waals surface area contributed by atoms with Gasteiger partial charge in [-0.1, -0.05) is 0 Å². The van der Waals surface area contributed by atoms with E-state index in [2.05, 4.69) is 35.9 Å². The normalized spacial score (nSPS) is 10.4. The number of fused-ring (bicyclic) bond motifs is 1. The fourth-order valence-electron chi connectivity index (χ4n) is 1.80. The third-order valence-electron chi connectivity index (χ3n) is 2.62. The summed E-state index contributed by atoms with van der Waals surface area (Å²) in [5, 5.41) is 0. The van der Waals surface area contributed by atoms with Gasteiger partial charge >= 0.3 is 0 Å². The molecule has 92 valence electrons. The third-order valence-corrected chi connectivity index (χ3v) is 3.05. The predicted octanol–water partition coefficient (Wildman–Crippen LogP) is 3.35. The smallest absolute Gasteiger partial charge is 0.240 e. The molecule has 0 radical (unpaired) electrons. The number of rotatable bonds is 2. The molecule has 2 heterocycles. The van der Waals surface area contributed by atoms with Gasteiger partial charge in [0.05, 0.1) is 16.7 Å². The van der Waals surface area contributed by atoms with E-state index in [0.29, 0.717) is 5.69 Å². The van der Waals surface area contributed by atoms with Gasteiger partial charge in [0.2, 0.25) is 6.08 Å². The molecule has 19 heavy (non-hydrogen) atoms. The third kappa shape index (κ3) is 2.31. The Morgan fingerprint density at radius 1 is 1.26 bits per heavy atom. The Kier molecular flexibility index (Phi) is 2.95. The highest BCUT2D eigenvalue weighted by Gasteiger charge is 2.06. The maximum Gasteiger partial charge on any atom is 0.240 e. The first-order valence-electron chi connectivity index (χ1n) is 5.45. The minimum Gasteiger partial charge on any atom is -0.338 e. The summed E-state index contributed by atoms with van der Waals surface area (Å²) in [6.45, 7) is 0. The van der Waals surface area contributed by atoms with Crippen molar-refractivity contribution in [3.8, 4) is 11.4 Å². The molecule has 0 atom stereocenters. The number of hydrogen-bond donors (Lipinski definition) is 1. The topological polar surface area (TPSA) is 71.0 Å². The molecule has 0 amide bonds. The van der Waals surface area contributed by atoms with Gasteiger partial charge in [-0.15, -0.1) is 0 Å². The van der Waals surface area contributed by atoms with Gasteiger partial charge in [0, 0.05) is 22.4 Å². The molecule has 5 nitrogen and oxygen atoms in total. The number of carbonyl (C=O) groups excluding carboxylic acids is 1. The standard InChI is InChI=1S/C13H7BrN4O/c14-9-3-8(5-15-6-9)13-17-11-2-1-10(16-7-19)4-12(11)18-13/h1-6H,(H,17,18). The van der Waals surface area contributed by atoms with Crippen LogP contribution in [-0.4, -0.2) is 21.0 Å². The summed E-state index contributed by atoms with van der Waals surface area (Å²) in [5.41, 5.74) is 3.04. The molecule has 0 aliphatic carbocycles. The van der Waals surface area contributed by atoms with Crippen LogP contribution in [-0.2, 0) is 4.79 Å². The van der Waals surface area contributed by atoms with Crippen LogP contribution in [0.25, 0.3) is 22.4 Å². The van der Waals surface area contributed by atoms with E-state index in [4.69, 9.17) is 0 Å². The largest absolute Gasteiger partial charge is 0.338 e. The summed E-state index contributed by atoms with van der Waals surface area (Å²) in [6.07, 6.45) is 4.96. The highest BCUT2D eigenvalue weighted by Crippen LogP contribution is 2.24. The lowest BCUT2D eigenvalue weighted by molar-refractivity contribution is 0.565. The number of nitrogens with zero attached hydrogens (tertiary/aromatic N) is 3. The Balaban J connectivity index is 2.13. The Hall–Kier alpha value is -2.30. The molecular weight excluding hydrogens is 308 g/mol. The molecule has 0 spiro atoms. The molecule has 3 aromatic rings. The number of imidazole rings is 1. The maximum atomic E-state index is 10.2. The van der Waals surface area contributed by atoms with Crippen molar-refractivity contribution in [3.05, 3.63) is 41.1 Å². The van der Waals surface area contributed by atoms with Crippen molar-refractivity contribution in [3.63, 3.8) is 0 Å². The molecule has 2 aromatic heterocycles. The fourth-order valence-corrected chi connectivity index (χ4v) is 2.16. The van der Waals surface area contributed by atoms with Crippen LogP contribution < -0.4 is 0 Å². The molecule has 3 rings (SSSR count). The van der Waals surface area contributed by atoms with Crippen LogP contribution in [0.3, 0.4) is 0 Å². The average Bonchev–Trinajstić information content (AvgIpc) is 2.82. The quantitative estimate of drug-likeness (QED) is 0.582. The lowest BCUT2D eigenvalue weighted by Crippen LogP contribution is -1.82. The number of isocyanates is 1. The summed E-state index contributed by atoms with van der Waals surface area (Å²) >= 11 is 3.37. The zero-order valence-electron chi connectivity index (χ0n) is 9.59. The predicted molar refractivity (Wildman–Crippen MR) is 74.8 cm³/mol. The molecule has 0 fully saturated rings. The summed E-state index contributed by atoms with van der Waals surface area (Å²) < 4.78 is 0.886. The molecule has 6 heteroatoms. The number of pyridine rings is 1. The second-order valence-corrected chi connectivity index (χ2v) is 4.80. The van der Waals surface area contributed by atoms with Gasteiger partial charge in [0.1, 0.15) is 5.82 Å². The fraction of sp³-hybridized carbons (Fsp3) is 0. The van der Waals surface area contributed by atoms with E-state index in [1.807, 2.05) is 6.07 Å².